The summed E-state index contributed by atoms with van der Waals surface area (Å²) in [6.07, 6.45) is 0. The Morgan fingerprint density at radius 3 is 2.83 bits per heavy atom. The van der Waals surface area contributed by atoms with Crippen LogP contribution in [0.4, 0.5) is 0 Å². The van der Waals surface area contributed by atoms with E-state index in [2.05, 4.69) is 25.3 Å². The summed E-state index contributed by atoms with van der Waals surface area (Å²) in [5, 5.41) is 0.938. The van der Waals surface area contributed by atoms with Crippen molar-refractivity contribution in [2.45, 2.75) is 0 Å². The van der Waals surface area contributed by atoms with E-state index in [9.17, 15) is 0 Å². The summed E-state index contributed by atoms with van der Waals surface area (Å²) in [7, 11) is 0. The molecule has 0 aliphatic heterocycles. The van der Waals surface area contributed by atoms with E-state index in [1.807, 2.05) is 0 Å². The number of furan rings is 1. The van der Waals surface area contributed by atoms with Crippen LogP contribution in [-0.2, 0) is 0 Å². The largest absolute Gasteiger partial charge is 0.447 e. The van der Waals surface area contributed by atoms with Gasteiger partial charge in [-0.15, -0.1) is 0 Å². The molecule has 6 heteroatoms. The molecule has 0 fully saturated rings. The maximum absolute atomic E-state index is 5.55. The van der Waals surface area contributed by atoms with Crippen molar-refractivity contribution in [3.05, 3.63) is 22.1 Å². The van der Waals surface area contributed by atoms with E-state index in [0.29, 0.717) is 15.4 Å². The van der Waals surface area contributed by atoms with Crippen molar-refractivity contribution in [1.29, 1.82) is 0 Å². The molecule has 0 radical (unpaired) electrons. The summed E-state index contributed by atoms with van der Waals surface area (Å²) in [6, 6.07) is 3.60. The Labute approximate surface area is 85.7 Å². The Kier molecular flexibility index (Phi) is 2.16. The van der Waals surface area contributed by atoms with Crippen LogP contribution in [0.5, 0.6) is 0 Å². The standard InChI is InChI=1S/C6H2BrClN2OS/c7-4-2-1-3(11-4)5-9-6(8)10-12-5/h1-2H. The molecule has 12 heavy (non-hydrogen) atoms. The predicted molar refractivity (Wildman–Crippen MR) is 50.3 cm³/mol. The second-order valence-electron chi connectivity index (χ2n) is 1.97. The monoisotopic (exact) mass is 264 g/mol. The van der Waals surface area contributed by atoms with Crippen LogP contribution in [0.1, 0.15) is 0 Å². The molecule has 0 aliphatic rings. The fraction of sp³-hybridized carbons (Fsp3) is 0. The maximum atomic E-state index is 5.55. The number of nitrogens with zero attached hydrogens (tertiary/aromatic N) is 2. The van der Waals surface area contributed by atoms with Crippen molar-refractivity contribution in [2.75, 3.05) is 0 Å². The van der Waals surface area contributed by atoms with Crippen molar-refractivity contribution in [3.8, 4) is 10.8 Å². The Morgan fingerprint density at radius 2 is 2.33 bits per heavy atom. The summed E-state index contributed by atoms with van der Waals surface area (Å²) < 4.78 is 9.74. The number of halogens is 2. The summed E-state index contributed by atoms with van der Waals surface area (Å²) in [5.74, 6) is 0.672. The number of rotatable bonds is 1. The lowest BCUT2D eigenvalue weighted by Gasteiger charge is -1.84. The third kappa shape index (κ3) is 1.53. The van der Waals surface area contributed by atoms with Gasteiger partial charge in [0, 0.05) is 0 Å². The third-order valence-corrected chi connectivity index (χ3v) is 2.61. The minimum atomic E-state index is 0.252. The molecule has 0 unspecified atom stereocenters. The van der Waals surface area contributed by atoms with E-state index < -0.39 is 0 Å². The lowest BCUT2D eigenvalue weighted by atomic mass is 10.5. The summed E-state index contributed by atoms with van der Waals surface area (Å²) in [6.45, 7) is 0. The zero-order chi connectivity index (χ0) is 8.55. The first-order valence-corrected chi connectivity index (χ1v) is 4.95. The van der Waals surface area contributed by atoms with Gasteiger partial charge in [-0.3, -0.25) is 0 Å². The van der Waals surface area contributed by atoms with E-state index >= 15 is 0 Å². The van der Waals surface area contributed by atoms with E-state index in [1.54, 1.807) is 12.1 Å². The molecule has 0 spiro atoms. The van der Waals surface area contributed by atoms with Crippen LogP contribution in [0.2, 0.25) is 5.28 Å². The molecule has 2 aromatic rings. The van der Waals surface area contributed by atoms with Crippen LogP contribution in [0.3, 0.4) is 0 Å². The van der Waals surface area contributed by atoms with E-state index in [-0.39, 0.29) is 5.28 Å². The van der Waals surface area contributed by atoms with Gasteiger partial charge in [-0.2, -0.15) is 4.37 Å². The van der Waals surface area contributed by atoms with Crippen molar-refractivity contribution < 1.29 is 4.42 Å². The Balaban J connectivity index is 2.43. The highest BCUT2D eigenvalue weighted by atomic mass is 79.9. The van der Waals surface area contributed by atoms with Gasteiger partial charge in [0.1, 0.15) is 0 Å². The quantitative estimate of drug-likeness (QED) is 0.795. The van der Waals surface area contributed by atoms with Crippen LogP contribution >= 0.6 is 39.1 Å². The second kappa shape index (κ2) is 3.16. The molecule has 2 rings (SSSR count). The highest BCUT2D eigenvalue weighted by Gasteiger charge is 2.08. The second-order valence-corrected chi connectivity index (χ2v) is 3.84. The molecule has 0 N–H and O–H groups in total. The molecule has 0 bridgehead atoms. The molecule has 0 amide bonds. The van der Waals surface area contributed by atoms with Gasteiger partial charge in [-0.25, -0.2) is 4.98 Å². The van der Waals surface area contributed by atoms with Gasteiger partial charge in [0.15, 0.2) is 15.4 Å². The molecule has 0 aliphatic carbocycles. The molecule has 0 saturated carbocycles. The zero-order valence-corrected chi connectivity index (χ0v) is 8.78. The minimum Gasteiger partial charge on any atom is -0.447 e. The summed E-state index contributed by atoms with van der Waals surface area (Å²) in [4.78, 5) is 3.95. The molecule has 0 aromatic carbocycles. The first kappa shape index (κ1) is 8.22. The smallest absolute Gasteiger partial charge is 0.234 e. The maximum Gasteiger partial charge on any atom is 0.234 e. The van der Waals surface area contributed by atoms with E-state index in [0.717, 1.165) is 0 Å². The molecule has 62 valence electrons. The molecule has 3 nitrogen and oxygen atoms in total. The number of aromatic nitrogens is 2. The molecule has 0 atom stereocenters. The minimum absolute atomic E-state index is 0.252. The topological polar surface area (TPSA) is 38.9 Å². The van der Waals surface area contributed by atoms with Crippen LogP contribution in [0, 0.1) is 0 Å². The van der Waals surface area contributed by atoms with Gasteiger partial charge in [0.05, 0.1) is 0 Å². The fourth-order valence-corrected chi connectivity index (χ4v) is 1.81. The first-order valence-electron chi connectivity index (χ1n) is 3.00. The van der Waals surface area contributed by atoms with Crippen molar-refractivity contribution >= 4 is 39.1 Å². The molecule has 2 heterocycles. The molecule has 2 aromatic heterocycles. The van der Waals surface area contributed by atoms with Crippen molar-refractivity contribution in [3.63, 3.8) is 0 Å². The van der Waals surface area contributed by atoms with E-state index in [4.69, 9.17) is 16.0 Å². The normalized spacial score (nSPS) is 10.5. The van der Waals surface area contributed by atoms with Gasteiger partial charge in [0.2, 0.25) is 5.28 Å². The first-order chi connectivity index (χ1) is 5.75. The van der Waals surface area contributed by atoms with Crippen LogP contribution in [-0.4, -0.2) is 9.36 Å². The Hall–Kier alpha value is -0.390. The lowest BCUT2D eigenvalue weighted by molar-refractivity contribution is 0.555. The zero-order valence-electron chi connectivity index (χ0n) is 5.62. The van der Waals surface area contributed by atoms with Crippen molar-refractivity contribution in [1.82, 2.24) is 9.36 Å². The van der Waals surface area contributed by atoms with Crippen LogP contribution < -0.4 is 0 Å². The highest BCUT2D eigenvalue weighted by molar-refractivity contribution is 9.10. The Morgan fingerprint density at radius 1 is 1.50 bits per heavy atom. The number of hydrogen-bond acceptors (Lipinski definition) is 4. The SMILES string of the molecule is Clc1nsc(-c2ccc(Br)o2)n1. The Bertz CT molecular complexity index is 361. The number of hydrogen-bond donors (Lipinski definition) is 0. The third-order valence-electron chi connectivity index (χ3n) is 1.19. The fourth-order valence-electron chi connectivity index (χ4n) is 0.735. The van der Waals surface area contributed by atoms with E-state index in [1.165, 1.54) is 11.5 Å². The van der Waals surface area contributed by atoms with Gasteiger partial charge in [0.25, 0.3) is 0 Å². The van der Waals surface area contributed by atoms with Crippen molar-refractivity contribution in [2.24, 2.45) is 0 Å². The van der Waals surface area contributed by atoms with Gasteiger partial charge in [-0.05, 0) is 51.2 Å². The molecule has 0 saturated heterocycles. The summed E-state index contributed by atoms with van der Waals surface area (Å²) in [5.41, 5.74) is 0. The predicted octanol–water partition coefficient (Wildman–Crippen LogP) is 3.21. The average molecular weight is 266 g/mol. The summed E-state index contributed by atoms with van der Waals surface area (Å²) >= 11 is 9.95. The van der Waals surface area contributed by atoms with Gasteiger partial charge < -0.3 is 4.42 Å². The van der Waals surface area contributed by atoms with Crippen LogP contribution in [0.25, 0.3) is 10.8 Å². The molecular weight excluding hydrogens is 264 g/mol. The lowest BCUT2D eigenvalue weighted by Crippen LogP contribution is -1.68. The van der Waals surface area contributed by atoms with Gasteiger partial charge in [-0.1, -0.05) is 0 Å². The van der Waals surface area contributed by atoms with Gasteiger partial charge >= 0.3 is 0 Å². The molecular formula is C6H2BrClN2OS. The van der Waals surface area contributed by atoms with Crippen LogP contribution in [0.15, 0.2) is 21.2 Å². The highest BCUT2D eigenvalue weighted by Crippen LogP contribution is 2.26. The average Bonchev–Trinajstić information content (AvgIpc) is 2.58.